The van der Waals surface area contributed by atoms with Gasteiger partial charge in [0.1, 0.15) is 0 Å². The van der Waals surface area contributed by atoms with E-state index < -0.39 is 0 Å². The predicted molar refractivity (Wildman–Crippen MR) is 81.3 cm³/mol. The molecule has 0 atom stereocenters. The van der Waals surface area contributed by atoms with Crippen molar-refractivity contribution in [3.8, 4) is 0 Å². The fraction of sp³-hybridized carbons (Fsp3) is 0.875. The van der Waals surface area contributed by atoms with Gasteiger partial charge in [-0.1, -0.05) is 30.9 Å². The molecule has 0 bridgehead atoms. The molecule has 1 aliphatic carbocycles. The normalized spacial score (nSPS) is 26.9. The monoisotopic (exact) mass is 264 g/mol. The lowest BCUT2D eigenvalue weighted by Crippen LogP contribution is -2.41. The molecule has 1 heterocycles. The van der Waals surface area contributed by atoms with E-state index in [1.807, 2.05) is 0 Å². The Kier molecular flexibility index (Phi) is 4.78. The summed E-state index contributed by atoms with van der Waals surface area (Å²) in [5.74, 6) is 0. The van der Waals surface area contributed by atoms with Crippen LogP contribution >= 0.6 is 0 Å². The van der Waals surface area contributed by atoms with Gasteiger partial charge in [0.25, 0.3) is 0 Å². The van der Waals surface area contributed by atoms with Crippen LogP contribution in [0.1, 0.15) is 72.6 Å². The van der Waals surface area contributed by atoms with Gasteiger partial charge in [0.05, 0.1) is 11.2 Å². The van der Waals surface area contributed by atoms with E-state index in [0.29, 0.717) is 0 Å². The second-order valence-electron chi connectivity index (χ2n) is 7.05. The molecule has 0 spiro atoms. The Morgan fingerprint density at radius 3 is 1.89 bits per heavy atom. The molecule has 2 nitrogen and oxygen atoms in total. The molecule has 19 heavy (non-hydrogen) atoms. The molecular weight excluding hydrogens is 235 g/mol. The van der Waals surface area contributed by atoms with Crippen molar-refractivity contribution >= 4 is 7.12 Å². The SMILES string of the molecule is CC1(C)OB(CC=C2CCCCCCC2)OC1(C)C. The predicted octanol–water partition coefficient (Wildman–Crippen LogP) is 4.75. The van der Waals surface area contributed by atoms with Crippen molar-refractivity contribution in [2.75, 3.05) is 0 Å². The van der Waals surface area contributed by atoms with Gasteiger partial charge in [0.15, 0.2) is 0 Å². The summed E-state index contributed by atoms with van der Waals surface area (Å²) in [6, 6.07) is 0. The van der Waals surface area contributed by atoms with Gasteiger partial charge < -0.3 is 9.31 Å². The van der Waals surface area contributed by atoms with Crippen molar-refractivity contribution in [1.29, 1.82) is 0 Å². The van der Waals surface area contributed by atoms with Crippen LogP contribution in [0.2, 0.25) is 6.32 Å². The molecule has 2 aliphatic rings. The van der Waals surface area contributed by atoms with E-state index in [2.05, 4.69) is 33.8 Å². The molecule has 108 valence electrons. The minimum atomic E-state index is -0.197. The van der Waals surface area contributed by atoms with E-state index in [-0.39, 0.29) is 18.3 Å². The summed E-state index contributed by atoms with van der Waals surface area (Å²) in [5.41, 5.74) is 1.23. The molecule has 2 rings (SSSR count). The van der Waals surface area contributed by atoms with Crippen LogP contribution in [0.3, 0.4) is 0 Å². The Bertz CT molecular complexity index is 308. The Morgan fingerprint density at radius 2 is 1.37 bits per heavy atom. The Labute approximate surface area is 119 Å². The second-order valence-corrected chi connectivity index (χ2v) is 7.05. The number of hydrogen-bond acceptors (Lipinski definition) is 2. The maximum absolute atomic E-state index is 6.04. The summed E-state index contributed by atoms with van der Waals surface area (Å²) in [5, 5.41) is 0. The average Bonchev–Trinajstić information content (AvgIpc) is 2.46. The van der Waals surface area contributed by atoms with Gasteiger partial charge in [0, 0.05) is 6.32 Å². The Hall–Kier alpha value is -0.275. The van der Waals surface area contributed by atoms with E-state index in [1.54, 1.807) is 5.57 Å². The van der Waals surface area contributed by atoms with Crippen LogP contribution in [0.4, 0.5) is 0 Å². The number of hydrogen-bond donors (Lipinski definition) is 0. The van der Waals surface area contributed by atoms with Crippen molar-refractivity contribution in [3.05, 3.63) is 11.6 Å². The van der Waals surface area contributed by atoms with Gasteiger partial charge in [0.2, 0.25) is 0 Å². The molecule has 0 N–H and O–H groups in total. The van der Waals surface area contributed by atoms with Crippen molar-refractivity contribution in [3.63, 3.8) is 0 Å². The van der Waals surface area contributed by atoms with E-state index in [1.165, 1.54) is 44.9 Å². The van der Waals surface area contributed by atoms with Crippen LogP contribution in [0.5, 0.6) is 0 Å². The Morgan fingerprint density at radius 1 is 0.895 bits per heavy atom. The largest absolute Gasteiger partial charge is 0.461 e. The van der Waals surface area contributed by atoms with Gasteiger partial charge in [-0.05, 0) is 53.4 Å². The smallest absolute Gasteiger partial charge is 0.403 e. The fourth-order valence-corrected chi connectivity index (χ4v) is 2.89. The zero-order chi connectivity index (χ0) is 13.9. The van der Waals surface area contributed by atoms with Gasteiger partial charge in [-0.25, -0.2) is 0 Å². The average molecular weight is 264 g/mol. The highest BCUT2D eigenvalue weighted by Gasteiger charge is 2.50. The maximum atomic E-state index is 6.04. The summed E-state index contributed by atoms with van der Waals surface area (Å²) in [6.07, 6.45) is 12.8. The lowest BCUT2D eigenvalue weighted by atomic mass is 9.82. The van der Waals surface area contributed by atoms with Crippen LogP contribution in [0.25, 0.3) is 0 Å². The highest BCUT2D eigenvalue weighted by molar-refractivity contribution is 6.46. The molecule has 1 saturated carbocycles. The minimum Gasteiger partial charge on any atom is -0.403 e. The summed E-state index contributed by atoms with van der Waals surface area (Å²) in [6.45, 7) is 8.48. The quantitative estimate of drug-likeness (QED) is 0.529. The van der Waals surface area contributed by atoms with Crippen LogP contribution in [-0.4, -0.2) is 18.3 Å². The van der Waals surface area contributed by atoms with Gasteiger partial charge in [-0.15, -0.1) is 0 Å². The maximum Gasteiger partial charge on any atom is 0.461 e. The first-order valence-corrected chi connectivity index (χ1v) is 7.94. The second kappa shape index (κ2) is 6.01. The van der Waals surface area contributed by atoms with Crippen molar-refractivity contribution in [1.82, 2.24) is 0 Å². The highest BCUT2D eigenvalue weighted by atomic mass is 16.7. The topological polar surface area (TPSA) is 18.5 Å². The summed E-state index contributed by atoms with van der Waals surface area (Å²) >= 11 is 0. The molecule has 2 fully saturated rings. The van der Waals surface area contributed by atoms with E-state index >= 15 is 0 Å². The molecule has 1 aliphatic heterocycles. The lowest BCUT2D eigenvalue weighted by Gasteiger charge is -2.32. The van der Waals surface area contributed by atoms with E-state index in [9.17, 15) is 0 Å². The standard InChI is InChI=1S/C16H29BO2/c1-15(2)16(3,4)19-17(18-15)13-12-14-10-8-6-5-7-9-11-14/h12H,5-11,13H2,1-4H3. The molecule has 0 aromatic rings. The minimum absolute atomic E-state index is 0.0667. The third-order valence-corrected chi connectivity index (χ3v) is 4.90. The Balaban J connectivity index is 1.88. The van der Waals surface area contributed by atoms with Crippen molar-refractivity contribution < 1.29 is 9.31 Å². The van der Waals surface area contributed by atoms with E-state index in [0.717, 1.165) is 6.32 Å². The summed E-state index contributed by atoms with van der Waals surface area (Å²) < 4.78 is 12.1. The molecule has 0 aromatic heterocycles. The molecule has 0 radical (unpaired) electrons. The van der Waals surface area contributed by atoms with Gasteiger partial charge >= 0.3 is 7.12 Å². The first-order valence-electron chi connectivity index (χ1n) is 7.94. The van der Waals surface area contributed by atoms with E-state index in [4.69, 9.17) is 9.31 Å². The summed E-state index contributed by atoms with van der Waals surface area (Å²) in [4.78, 5) is 0. The molecule has 0 amide bonds. The number of rotatable bonds is 2. The fourth-order valence-electron chi connectivity index (χ4n) is 2.89. The van der Waals surface area contributed by atoms with Gasteiger partial charge in [-0.2, -0.15) is 0 Å². The van der Waals surface area contributed by atoms with Gasteiger partial charge in [-0.3, -0.25) is 0 Å². The zero-order valence-electron chi connectivity index (χ0n) is 13.1. The lowest BCUT2D eigenvalue weighted by molar-refractivity contribution is 0.00578. The molecule has 3 heteroatoms. The summed E-state index contributed by atoms with van der Waals surface area (Å²) in [7, 11) is -0.0667. The number of allylic oxidation sites excluding steroid dienone is 2. The van der Waals surface area contributed by atoms with Crippen LogP contribution < -0.4 is 0 Å². The van der Waals surface area contributed by atoms with Crippen LogP contribution in [0, 0.1) is 0 Å². The van der Waals surface area contributed by atoms with Crippen LogP contribution in [-0.2, 0) is 9.31 Å². The molecular formula is C16H29BO2. The molecule has 1 saturated heterocycles. The molecule has 0 unspecified atom stereocenters. The third-order valence-electron chi connectivity index (χ3n) is 4.90. The highest BCUT2D eigenvalue weighted by Crippen LogP contribution is 2.38. The van der Waals surface area contributed by atoms with Crippen LogP contribution in [0.15, 0.2) is 11.6 Å². The third kappa shape index (κ3) is 3.85. The van der Waals surface area contributed by atoms with Crippen molar-refractivity contribution in [2.24, 2.45) is 0 Å². The first-order chi connectivity index (χ1) is 8.91. The molecule has 0 aromatic carbocycles. The zero-order valence-corrected chi connectivity index (χ0v) is 13.1. The van der Waals surface area contributed by atoms with Crippen molar-refractivity contribution in [2.45, 2.75) is 90.2 Å². The first kappa shape index (κ1) is 15.1.